The number of rotatable bonds is 3. The zero-order chi connectivity index (χ0) is 37.9. The molecule has 0 fully saturated rings. The fraction of sp³-hybridized carbons (Fsp3) is 0. The second-order valence-electron chi connectivity index (χ2n) is 15.2. The van der Waals surface area contributed by atoms with E-state index in [9.17, 15) is 0 Å². The quantitative estimate of drug-likeness (QED) is 0.181. The highest BCUT2D eigenvalue weighted by molar-refractivity contribution is 6.33. The standard InChI is InChI=1S/C53H31N5/c1-3-16-33(17-4-1)51-54-52(34-18-5-2-6-19-34)56-53(55-51)36-29-41-39-23-11-13-25-43(39)57-45-28-27-32-15-7-9-21-37(32)47(45)48-38-22-10-8-20-35(38)31-46(50(48)57)58-44-26-14-12-24-40(44)42(30-36)49(41)58/h1-31H. The Kier molecular flexibility index (Phi) is 6.38. The first-order valence-electron chi connectivity index (χ1n) is 19.7. The summed E-state index contributed by atoms with van der Waals surface area (Å²) in [6.45, 7) is 0. The highest BCUT2D eigenvalue weighted by Crippen LogP contribution is 2.45. The summed E-state index contributed by atoms with van der Waals surface area (Å²) >= 11 is 0. The van der Waals surface area contributed by atoms with Crippen LogP contribution in [0.5, 0.6) is 0 Å². The highest BCUT2D eigenvalue weighted by Gasteiger charge is 2.23. The fourth-order valence-electron chi connectivity index (χ4n) is 9.57. The minimum atomic E-state index is 0.633. The van der Waals surface area contributed by atoms with E-state index in [0.29, 0.717) is 17.5 Å². The molecule has 4 aromatic heterocycles. The second kappa shape index (κ2) is 11.8. The largest absolute Gasteiger partial charge is 0.307 e. The van der Waals surface area contributed by atoms with Gasteiger partial charge in [0.05, 0.1) is 33.1 Å². The molecule has 0 aliphatic rings. The Morgan fingerprint density at radius 2 is 0.741 bits per heavy atom. The molecule has 0 saturated heterocycles. The Morgan fingerprint density at radius 1 is 0.276 bits per heavy atom. The Hall–Kier alpha value is -7.89. The van der Waals surface area contributed by atoms with Crippen molar-refractivity contribution in [1.29, 1.82) is 0 Å². The van der Waals surface area contributed by atoms with Gasteiger partial charge >= 0.3 is 0 Å². The van der Waals surface area contributed by atoms with E-state index < -0.39 is 0 Å². The van der Waals surface area contributed by atoms with Gasteiger partial charge < -0.3 is 8.80 Å². The Balaban J connectivity index is 1.28. The predicted molar refractivity (Wildman–Crippen MR) is 241 cm³/mol. The summed E-state index contributed by atoms with van der Waals surface area (Å²) in [5.41, 5.74) is 9.81. The van der Waals surface area contributed by atoms with Gasteiger partial charge in [-0.05, 0) is 57.9 Å². The summed E-state index contributed by atoms with van der Waals surface area (Å²) in [5, 5.41) is 12.1. The summed E-state index contributed by atoms with van der Waals surface area (Å²) in [6.07, 6.45) is 0. The molecule has 0 aliphatic carbocycles. The molecule has 4 heterocycles. The van der Waals surface area contributed by atoms with E-state index in [1.165, 1.54) is 48.7 Å². The van der Waals surface area contributed by atoms with Gasteiger partial charge in [-0.1, -0.05) is 152 Å². The van der Waals surface area contributed by atoms with E-state index in [4.69, 9.17) is 15.0 Å². The predicted octanol–water partition coefficient (Wildman–Crippen LogP) is 13.5. The van der Waals surface area contributed by atoms with Gasteiger partial charge in [-0.15, -0.1) is 0 Å². The van der Waals surface area contributed by atoms with Crippen LogP contribution in [-0.4, -0.2) is 23.8 Å². The average Bonchev–Trinajstić information content (AvgIpc) is 3.82. The molecule has 5 heteroatoms. The molecule has 0 aliphatic heterocycles. The molecule has 0 saturated carbocycles. The first-order valence-corrected chi connectivity index (χ1v) is 19.7. The number of fused-ring (bicyclic) bond motifs is 14. The lowest BCUT2D eigenvalue weighted by Gasteiger charge is -2.13. The zero-order valence-corrected chi connectivity index (χ0v) is 31.1. The van der Waals surface area contributed by atoms with E-state index in [-0.39, 0.29) is 0 Å². The van der Waals surface area contributed by atoms with Gasteiger partial charge in [-0.3, -0.25) is 0 Å². The third-order valence-corrected chi connectivity index (χ3v) is 12.0. The van der Waals surface area contributed by atoms with Crippen molar-refractivity contribution in [3.05, 3.63) is 188 Å². The van der Waals surface area contributed by atoms with Crippen LogP contribution in [-0.2, 0) is 0 Å². The summed E-state index contributed by atoms with van der Waals surface area (Å²) in [6, 6.07) is 67.4. The maximum absolute atomic E-state index is 5.21. The van der Waals surface area contributed by atoms with E-state index in [1.54, 1.807) is 0 Å². The van der Waals surface area contributed by atoms with Crippen LogP contribution in [0.4, 0.5) is 0 Å². The molecule has 13 rings (SSSR count). The van der Waals surface area contributed by atoms with Crippen LogP contribution in [0, 0.1) is 0 Å². The van der Waals surface area contributed by atoms with E-state index in [2.05, 4.69) is 160 Å². The third kappa shape index (κ3) is 4.33. The maximum Gasteiger partial charge on any atom is 0.164 e. The van der Waals surface area contributed by atoms with Crippen molar-refractivity contribution >= 4 is 87.0 Å². The van der Waals surface area contributed by atoms with E-state index >= 15 is 0 Å². The van der Waals surface area contributed by atoms with Crippen LogP contribution in [0.1, 0.15) is 0 Å². The summed E-state index contributed by atoms with van der Waals surface area (Å²) in [5.74, 6) is 1.92. The van der Waals surface area contributed by atoms with Gasteiger partial charge in [0.1, 0.15) is 0 Å². The number of benzene rings is 9. The van der Waals surface area contributed by atoms with Gasteiger partial charge in [0.25, 0.3) is 0 Å². The van der Waals surface area contributed by atoms with Crippen LogP contribution >= 0.6 is 0 Å². The molecule has 58 heavy (non-hydrogen) atoms. The van der Waals surface area contributed by atoms with Crippen molar-refractivity contribution in [2.24, 2.45) is 0 Å². The average molecular weight is 738 g/mol. The molecular formula is C53H31N5. The van der Waals surface area contributed by atoms with Crippen molar-refractivity contribution in [3.63, 3.8) is 0 Å². The minimum Gasteiger partial charge on any atom is -0.307 e. The fourth-order valence-corrected chi connectivity index (χ4v) is 9.57. The summed E-state index contributed by atoms with van der Waals surface area (Å²) < 4.78 is 5.04. The van der Waals surface area contributed by atoms with Crippen LogP contribution in [0.3, 0.4) is 0 Å². The minimum absolute atomic E-state index is 0.633. The molecule has 0 amide bonds. The Labute approximate surface area is 331 Å². The number of hydrogen-bond donors (Lipinski definition) is 0. The molecule has 0 spiro atoms. The molecule has 5 nitrogen and oxygen atoms in total. The molecule has 9 aromatic carbocycles. The summed E-state index contributed by atoms with van der Waals surface area (Å²) in [4.78, 5) is 15.4. The molecule has 268 valence electrons. The zero-order valence-electron chi connectivity index (χ0n) is 31.1. The monoisotopic (exact) mass is 737 g/mol. The van der Waals surface area contributed by atoms with Crippen molar-refractivity contribution in [1.82, 2.24) is 23.8 Å². The van der Waals surface area contributed by atoms with E-state index in [1.807, 2.05) is 36.4 Å². The second-order valence-corrected chi connectivity index (χ2v) is 15.2. The Morgan fingerprint density at radius 3 is 1.34 bits per heavy atom. The smallest absolute Gasteiger partial charge is 0.164 e. The van der Waals surface area contributed by atoms with Crippen LogP contribution in [0.25, 0.3) is 121 Å². The van der Waals surface area contributed by atoms with Crippen molar-refractivity contribution < 1.29 is 0 Å². The maximum atomic E-state index is 5.21. The van der Waals surface area contributed by atoms with Crippen molar-refractivity contribution in [2.45, 2.75) is 0 Å². The first kappa shape index (κ1) is 31.3. The lowest BCUT2D eigenvalue weighted by molar-refractivity contribution is 1.07. The number of nitrogens with zero attached hydrogens (tertiary/aromatic N) is 5. The van der Waals surface area contributed by atoms with Gasteiger partial charge in [0.2, 0.25) is 0 Å². The van der Waals surface area contributed by atoms with Gasteiger partial charge in [-0.2, -0.15) is 0 Å². The molecule has 0 atom stereocenters. The summed E-state index contributed by atoms with van der Waals surface area (Å²) in [7, 11) is 0. The van der Waals surface area contributed by atoms with E-state index in [0.717, 1.165) is 54.9 Å². The van der Waals surface area contributed by atoms with Crippen molar-refractivity contribution in [2.75, 3.05) is 0 Å². The normalized spacial score (nSPS) is 12.1. The van der Waals surface area contributed by atoms with Crippen LogP contribution in [0.15, 0.2) is 188 Å². The van der Waals surface area contributed by atoms with Crippen molar-refractivity contribution in [3.8, 4) is 34.2 Å². The molecule has 0 radical (unpaired) electrons. The lowest BCUT2D eigenvalue weighted by atomic mass is 9.99. The Bertz CT molecular complexity index is 3790. The van der Waals surface area contributed by atoms with Gasteiger partial charge in [0.15, 0.2) is 17.5 Å². The SMILES string of the molecule is c1ccc(-c2nc(-c3ccccc3)nc(-c3cc4c5ccccc5n5c6cc7ccccc7c7c8c9ccccc9ccc8n(c8ccccc8c(c3)c45)c76)n2)cc1. The molecule has 0 unspecified atom stereocenters. The van der Waals surface area contributed by atoms with Crippen LogP contribution in [0.2, 0.25) is 0 Å². The molecular weight excluding hydrogens is 707 g/mol. The lowest BCUT2D eigenvalue weighted by Crippen LogP contribution is -2.00. The first-order chi connectivity index (χ1) is 28.8. The van der Waals surface area contributed by atoms with Gasteiger partial charge in [0, 0.05) is 49.0 Å². The highest BCUT2D eigenvalue weighted by atomic mass is 15.0. The topological polar surface area (TPSA) is 47.5 Å². The molecule has 0 N–H and O–H groups in total. The molecule has 0 bridgehead atoms. The number of para-hydroxylation sites is 2. The molecule has 13 aromatic rings. The van der Waals surface area contributed by atoms with Gasteiger partial charge in [-0.25, -0.2) is 15.0 Å². The number of aromatic nitrogens is 5. The number of hydrogen-bond acceptors (Lipinski definition) is 3. The van der Waals surface area contributed by atoms with Crippen LogP contribution < -0.4 is 0 Å². The third-order valence-electron chi connectivity index (χ3n) is 12.0.